The van der Waals surface area contributed by atoms with Crippen LogP contribution in [0.2, 0.25) is 0 Å². The van der Waals surface area contributed by atoms with E-state index in [-0.39, 0.29) is 0 Å². The number of piperidine rings is 1. The van der Waals surface area contributed by atoms with Gasteiger partial charge in [-0.1, -0.05) is 12.1 Å². The summed E-state index contributed by atoms with van der Waals surface area (Å²) in [4.78, 5) is 8.83. The molecule has 0 atom stereocenters. The molecule has 1 saturated heterocycles. The lowest BCUT2D eigenvalue weighted by Crippen LogP contribution is -2.30. The van der Waals surface area contributed by atoms with Gasteiger partial charge in [0.25, 0.3) is 0 Å². The van der Waals surface area contributed by atoms with Crippen LogP contribution >= 0.6 is 0 Å². The van der Waals surface area contributed by atoms with Gasteiger partial charge in [0.1, 0.15) is 12.1 Å². The number of benzene rings is 2. The molecular weight excluding hydrogens is 390 g/mol. The number of allylic oxidation sites excluding steroid dienone is 2. The van der Waals surface area contributed by atoms with Crippen LogP contribution in [0.4, 0.5) is 0 Å². The summed E-state index contributed by atoms with van der Waals surface area (Å²) in [5, 5.41) is 4.18. The fraction of sp³-hybridized carbons (Fsp3) is 0.360. The Balaban J connectivity index is 1.42. The van der Waals surface area contributed by atoms with Crippen molar-refractivity contribution in [3.63, 3.8) is 0 Å². The van der Waals surface area contributed by atoms with Crippen molar-refractivity contribution in [3.05, 3.63) is 53.9 Å². The largest absolute Gasteiger partial charge is 0.493 e. The van der Waals surface area contributed by atoms with Crippen molar-refractivity contribution in [2.75, 3.05) is 26.8 Å². The van der Waals surface area contributed by atoms with Crippen molar-refractivity contribution in [3.8, 4) is 23.1 Å². The van der Waals surface area contributed by atoms with Gasteiger partial charge in [0, 0.05) is 6.07 Å². The van der Waals surface area contributed by atoms with E-state index < -0.39 is 0 Å². The molecule has 1 N–H and O–H groups in total. The summed E-state index contributed by atoms with van der Waals surface area (Å²) in [7, 11) is 1.65. The van der Waals surface area contributed by atoms with Gasteiger partial charge in [-0.05, 0) is 80.1 Å². The van der Waals surface area contributed by atoms with E-state index in [0.29, 0.717) is 29.9 Å². The fourth-order valence-electron chi connectivity index (χ4n) is 4.30. The van der Waals surface area contributed by atoms with Crippen molar-refractivity contribution < 1.29 is 14.2 Å². The highest BCUT2D eigenvalue weighted by Crippen LogP contribution is 2.37. The molecule has 5 rings (SSSR count). The van der Waals surface area contributed by atoms with Crippen molar-refractivity contribution in [2.24, 2.45) is 5.92 Å². The molecule has 2 aliphatic rings. The standard InChI is InChI=1S/C25H27N3O3/c1-16-3-4-18-5-6-19(11-20(16)18)31-25-21-12-23(29-2)24(13-22(21)27-15-28-25)30-14-17-7-9-26-10-8-17/h3,5-6,11-13,15,17,26H,4,7-10,14H2,1-2H3. The van der Waals surface area contributed by atoms with Crippen molar-refractivity contribution in [1.82, 2.24) is 15.3 Å². The highest BCUT2D eigenvalue weighted by molar-refractivity contribution is 5.87. The van der Waals surface area contributed by atoms with Crippen LogP contribution < -0.4 is 19.5 Å². The number of fused-ring (bicyclic) bond motifs is 2. The van der Waals surface area contributed by atoms with Crippen LogP contribution in [0.3, 0.4) is 0 Å². The minimum Gasteiger partial charge on any atom is -0.493 e. The lowest BCUT2D eigenvalue weighted by Gasteiger charge is -2.23. The van der Waals surface area contributed by atoms with Crippen LogP contribution in [0.15, 0.2) is 42.7 Å². The molecule has 2 aromatic carbocycles. The van der Waals surface area contributed by atoms with Crippen molar-refractivity contribution in [1.29, 1.82) is 0 Å². The molecule has 6 heteroatoms. The smallest absolute Gasteiger partial charge is 0.230 e. The minimum absolute atomic E-state index is 0.507. The van der Waals surface area contributed by atoms with E-state index in [2.05, 4.69) is 40.4 Å². The van der Waals surface area contributed by atoms with Crippen LogP contribution in [-0.4, -0.2) is 36.8 Å². The first-order valence-electron chi connectivity index (χ1n) is 10.9. The molecular formula is C25H27N3O3. The first-order valence-corrected chi connectivity index (χ1v) is 10.9. The third-order valence-electron chi connectivity index (χ3n) is 6.17. The quantitative estimate of drug-likeness (QED) is 0.623. The topological polar surface area (TPSA) is 65.5 Å². The zero-order valence-electron chi connectivity index (χ0n) is 18.0. The summed E-state index contributed by atoms with van der Waals surface area (Å²) in [5.74, 6) is 3.19. The zero-order valence-corrected chi connectivity index (χ0v) is 18.0. The normalized spacial score (nSPS) is 16.1. The minimum atomic E-state index is 0.507. The summed E-state index contributed by atoms with van der Waals surface area (Å²) >= 11 is 0. The number of hydrogen-bond donors (Lipinski definition) is 1. The molecule has 160 valence electrons. The third-order valence-corrected chi connectivity index (χ3v) is 6.17. The number of ether oxygens (including phenoxy) is 3. The molecule has 31 heavy (non-hydrogen) atoms. The van der Waals surface area contributed by atoms with Crippen molar-refractivity contribution >= 4 is 16.5 Å². The fourth-order valence-corrected chi connectivity index (χ4v) is 4.30. The van der Waals surface area contributed by atoms with E-state index in [1.807, 2.05) is 18.2 Å². The predicted molar refractivity (Wildman–Crippen MR) is 121 cm³/mol. The number of methoxy groups -OCH3 is 1. The highest BCUT2D eigenvalue weighted by Gasteiger charge is 2.18. The first kappa shape index (κ1) is 19.8. The summed E-state index contributed by atoms with van der Waals surface area (Å²) in [6, 6.07) is 10.0. The van der Waals surface area contributed by atoms with E-state index >= 15 is 0 Å². The predicted octanol–water partition coefficient (Wildman–Crippen LogP) is 4.77. The van der Waals surface area contributed by atoms with Crippen LogP contribution in [0, 0.1) is 5.92 Å². The maximum atomic E-state index is 6.18. The SMILES string of the molecule is COc1cc2c(Oc3ccc4c(c3)C(C)=CC4)ncnc2cc1OCC1CCNCC1. The van der Waals surface area contributed by atoms with Crippen LogP contribution in [0.1, 0.15) is 30.9 Å². The van der Waals surface area contributed by atoms with Crippen LogP contribution in [0.5, 0.6) is 23.1 Å². The molecule has 3 aromatic rings. The lowest BCUT2D eigenvalue weighted by molar-refractivity contribution is 0.208. The maximum absolute atomic E-state index is 6.18. The number of aromatic nitrogens is 2. The molecule has 0 amide bonds. The van der Waals surface area contributed by atoms with E-state index in [1.54, 1.807) is 7.11 Å². The third kappa shape index (κ3) is 4.08. The molecule has 0 radical (unpaired) electrons. The Morgan fingerprint density at radius 2 is 1.94 bits per heavy atom. The first-order chi connectivity index (χ1) is 15.2. The number of hydrogen-bond acceptors (Lipinski definition) is 6. The second kappa shape index (κ2) is 8.55. The lowest BCUT2D eigenvalue weighted by atomic mass is 9.99. The van der Waals surface area contributed by atoms with E-state index in [0.717, 1.165) is 49.0 Å². The van der Waals surface area contributed by atoms with Gasteiger partial charge in [-0.3, -0.25) is 0 Å². The van der Waals surface area contributed by atoms with E-state index in [1.165, 1.54) is 23.0 Å². The van der Waals surface area contributed by atoms with Gasteiger partial charge in [0.2, 0.25) is 5.88 Å². The second-order valence-corrected chi connectivity index (χ2v) is 8.22. The van der Waals surface area contributed by atoms with Gasteiger partial charge < -0.3 is 19.5 Å². The van der Waals surface area contributed by atoms with Gasteiger partial charge >= 0.3 is 0 Å². The Hall–Kier alpha value is -3.12. The Morgan fingerprint density at radius 3 is 2.77 bits per heavy atom. The van der Waals surface area contributed by atoms with Crippen LogP contribution in [0.25, 0.3) is 16.5 Å². The highest BCUT2D eigenvalue weighted by atomic mass is 16.5. The molecule has 0 bridgehead atoms. The van der Waals surface area contributed by atoms with Crippen LogP contribution in [-0.2, 0) is 6.42 Å². The molecule has 1 fully saturated rings. The Bertz CT molecular complexity index is 1140. The van der Waals surface area contributed by atoms with E-state index in [4.69, 9.17) is 14.2 Å². The maximum Gasteiger partial charge on any atom is 0.230 e. The number of nitrogens with one attached hydrogen (secondary N) is 1. The monoisotopic (exact) mass is 417 g/mol. The van der Waals surface area contributed by atoms with E-state index in [9.17, 15) is 0 Å². The zero-order chi connectivity index (χ0) is 21.2. The van der Waals surface area contributed by atoms with Gasteiger partial charge in [-0.2, -0.15) is 0 Å². The number of rotatable bonds is 6. The van der Waals surface area contributed by atoms with Gasteiger partial charge in [-0.15, -0.1) is 0 Å². The summed E-state index contributed by atoms with van der Waals surface area (Å²) in [5.41, 5.74) is 4.62. The summed E-state index contributed by atoms with van der Waals surface area (Å²) < 4.78 is 17.9. The average Bonchev–Trinajstić information content (AvgIpc) is 3.18. The molecule has 1 aliphatic heterocycles. The van der Waals surface area contributed by atoms with Gasteiger partial charge in [0.15, 0.2) is 11.5 Å². The summed E-state index contributed by atoms with van der Waals surface area (Å²) in [6.45, 7) is 4.91. The second-order valence-electron chi connectivity index (χ2n) is 8.22. The molecule has 0 saturated carbocycles. The Labute approximate surface area is 182 Å². The molecule has 6 nitrogen and oxygen atoms in total. The van der Waals surface area contributed by atoms with Crippen molar-refractivity contribution in [2.45, 2.75) is 26.2 Å². The van der Waals surface area contributed by atoms with Gasteiger partial charge in [0.05, 0.1) is 24.6 Å². The van der Waals surface area contributed by atoms with Gasteiger partial charge in [-0.25, -0.2) is 9.97 Å². The Kier molecular flexibility index (Phi) is 5.47. The molecule has 0 unspecified atom stereocenters. The summed E-state index contributed by atoms with van der Waals surface area (Å²) in [6.07, 6.45) is 7.01. The average molecular weight is 418 g/mol. The molecule has 2 heterocycles. The molecule has 0 spiro atoms. The number of nitrogens with zero attached hydrogens (tertiary/aromatic N) is 2. The molecule has 1 aliphatic carbocycles. The Morgan fingerprint density at radius 1 is 1.06 bits per heavy atom. The molecule has 1 aromatic heterocycles.